The lowest BCUT2D eigenvalue weighted by atomic mass is 10.4. The summed E-state index contributed by atoms with van der Waals surface area (Å²) in [5.41, 5.74) is 0.961. The van der Waals surface area contributed by atoms with E-state index in [0.29, 0.717) is 22.4 Å². The molecule has 0 bridgehead atoms. The van der Waals surface area contributed by atoms with E-state index in [0.717, 1.165) is 5.69 Å². The predicted octanol–water partition coefficient (Wildman–Crippen LogP) is 2.72. The van der Waals surface area contributed by atoms with Gasteiger partial charge in [-0.05, 0) is 6.07 Å². The number of H-pyrrole nitrogens is 1. The summed E-state index contributed by atoms with van der Waals surface area (Å²) in [5.74, 6) is 0.607. The number of rotatable bonds is 3. The van der Waals surface area contributed by atoms with Crippen LogP contribution in [-0.2, 0) is 6.54 Å². The molecule has 6 heteroatoms. The fourth-order valence-corrected chi connectivity index (χ4v) is 1.55. The molecule has 0 fully saturated rings. The van der Waals surface area contributed by atoms with E-state index < -0.39 is 0 Å². The van der Waals surface area contributed by atoms with Crippen molar-refractivity contribution in [2.24, 2.45) is 0 Å². The Balaban J connectivity index is 2.05. The molecule has 4 nitrogen and oxygen atoms in total. The van der Waals surface area contributed by atoms with Crippen LogP contribution in [0.15, 0.2) is 24.8 Å². The number of nitrogens with one attached hydrogen (secondary N) is 2. The highest BCUT2D eigenvalue weighted by Gasteiger charge is 2.02. The molecule has 0 aliphatic carbocycles. The fourth-order valence-electron chi connectivity index (χ4n) is 1.10. The molecule has 0 aliphatic rings. The number of aromatic nitrogens is 3. The maximum Gasteiger partial charge on any atom is 0.145 e. The van der Waals surface area contributed by atoms with Gasteiger partial charge in [-0.15, -0.1) is 0 Å². The highest BCUT2D eigenvalue weighted by Crippen LogP contribution is 2.22. The van der Waals surface area contributed by atoms with Crippen LogP contribution in [0.3, 0.4) is 0 Å². The molecular weight excluding hydrogens is 235 g/mol. The van der Waals surface area contributed by atoms with Gasteiger partial charge in [-0.2, -0.15) is 0 Å². The first-order chi connectivity index (χ1) is 7.25. The third-order valence-corrected chi connectivity index (χ3v) is 2.30. The normalized spacial score (nSPS) is 10.3. The summed E-state index contributed by atoms with van der Waals surface area (Å²) < 4.78 is 0. The minimum atomic E-state index is 0.502. The van der Waals surface area contributed by atoms with Crippen molar-refractivity contribution in [1.29, 1.82) is 0 Å². The Morgan fingerprint density at radius 3 is 2.87 bits per heavy atom. The van der Waals surface area contributed by atoms with E-state index in [9.17, 15) is 0 Å². The molecule has 0 saturated carbocycles. The molecule has 0 spiro atoms. The number of aromatic amines is 1. The smallest absolute Gasteiger partial charge is 0.145 e. The molecule has 2 N–H and O–H groups in total. The van der Waals surface area contributed by atoms with Gasteiger partial charge >= 0.3 is 0 Å². The molecule has 0 aliphatic heterocycles. The average molecular weight is 243 g/mol. The zero-order valence-electron chi connectivity index (χ0n) is 7.67. The Morgan fingerprint density at radius 2 is 2.20 bits per heavy atom. The molecular formula is C9H8Cl2N4. The van der Waals surface area contributed by atoms with Crippen molar-refractivity contribution >= 4 is 29.0 Å². The Kier molecular flexibility index (Phi) is 3.08. The van der Waals surface area contributed by atoms with Crippen molar-refractivity contribution in [3.8, 4) is 0 Å². The van der Waals surface area contributed by atoms with Gasteiger partial charge < -0.3 is 10.3 Å². The summed E-state index contributed by atoms with van der Waals surface area (Å²) >= 11 is 11.7. The maximum atomic E-state index is 5.93. The number of anilines is 1. The highest BCUT2D eigenvalue weighted by molar-refractivity contribution is 6.35. The maximum absolute atomic E-state index is 5.93. The van der Waals surface area contributed by atoms with Crippen LogP contribution in [0.1, 0.15) is 5.69 Å². The molecule has 78 valence electrons. The summed E-state index contributed by atoms with van der Waals surface area (Å²) in [7, 11) is 0. The van der Waals surface area contributed by atoms with Crippen LogP contribution in [0.4, 0.5) is 5.82 Å². The fraction of sp³-hybridized carbons (Fsp3) is 0.111. The molecule has 0 saturated heterocycles. The Morgan fingerprint density at radius 1 is 1.33 bits per heavy atom. The van der Waals surface area contributed by atoms with Gasteiger partial charge in [-0.3, -0.25) is 0 Å². The van der Waals surface area contributed by atoms with Gasteiger partial charge in [0.1, 0.15) is 5.82 Å². The largest absolute Gasteiger partial charge is 0.363 e. The van der Waals surface area contributed by atoms with E-state index in [-0.39, 0.29) is 0 Å². The van der Waals surface area contributed by atoms with Gasteiger partial charge in [0.15, 0.2) is 0 Å². The van der Waals surface area contributed by atoms with Crippen molar-refractivity contribution in [1.82, 2.24) is 15.0 Å². The van der Waals surface area contributed by atoms with Gasteiger partial charge in [0.05, 0.1) is 28.6 Å². The van der Waals surface area contributed by atoms with Crippen LogP contribution >= 0.6 is 23.2 Å². The molecule has 0 amide bonds. The van der Waals surface area contributed by atoms with Crippen LogP contribution in [0.5, 0.6) is 0 Å². The average Bonchev–Trinajstić information content (AvgIpc) is 2.69. The number of hydrogen-bond acceptors (Lipinski definition) is 3. The van der Waals surface area contributed by atoms with E-state index in [1.807, 2.05) is 0 Å². The molecule has 2 heterocycles. The Hall–Kier alpha value is -1.26. The highest BCUT2D eigenvalue weighted by atomic mass is 35.5. The third-order valence-electron chi connectivity index (χ3n) is 1.81. The first kappa shape index (κ1) is 10.3. The minimum absolute atomic E-state index is 0.502. The zero-order valence-corrected chi connectivity index (χ0v) is 9.18. The summed E-state index contributed by atoms with van der Waals surface area (Å²) in [6.07, 6.45) is 4.90. The standard InChI is InChI=1S/C9H8Cl2N4/c10-6-1-8(11)9(13-2-6)14-4-7-3-12-5-15-7/h1-3,5H,4H2,(H,12,15)(H,13,14). The molecule has 0 radical (unpaired) electrons. The summed E-state index contributed by atoms with van der Waals surface area (Å²) in [6, 6.07) is 1.64. The van der Waals surface area contributed by atoms with Crippen LogP contribution < -0.4 is 5.32 Å². The third kappa shape index (κ3) is 2.61. The van der Waals surface area contributed by atoms with E-state index in [4.69, 9.17) is 23.2 Å². The molecule has 0 atom stereocenters. The van der Waals surface area contributed by atoms with Crippen molar-refractivity contribution in [2.45, 2.75) is 6.54 Å². The van der Waals surface area contributed by atoms with Crippen LogP contribution in [-0.4, -0.2) is 15.0 Å². The van der Waals surface area contributed by atoms with Gasteiger partial charge in [0.2, 0.25) is 0 Å². The molecule has 0 unspecified atom stereocenters. The molecule has 15 heavy (non-hydrogen) atoms. The van der Waals surface area contributed by atoms with E-state index in [2.05, 4.69) is 20.3 Å². The van der Waals surface area contributed by atoms with Crippen molar-refractivity contribution in [3.63, 3.8) is 0 Å². The SMILES string of the molecule is Clc1cnc(NCc2cnc[nH]2)c(Cl)c1. The number of nitrogens with zero attached hydrogens (tertiary/aromatic N) is 2. The number of imidazole rings is 1. The van der Waals surface area contributed by atoms with Crippen molar-refractivity contribution < 1.29 is 0 Å². The lowest BCUT2D eigenvalue weighted by Crippen LogP contribution is -2.01. The van der Waals surface area contributed by atoms with Crippen LogP contribution in [0.2, 0.25) is 10.0 Å². The second-order valence-corrected chi connectivity index (χ2v) is 3.76. The second kappa shape index (κ2) is 4.51. The number of pyridine rings is 1. The lowest BCUT2D eigenvalue weighted by molar-refractivity contribution is 1.05. The van der Waals surface area contributed by atoms with E-state index >= 15 is 0 Å². The minimum Gasteiger partial charge on any atom is -0.363 e. The van der Waals surface area contributed by atoms with Crippen molar-refractivity contribution in [3.05, 3.63) is 40.5 Å². The zero-order chi connectivity index (χ0) is 10.7. The van der Waals surface area contributed by atoms with E-state index in [1.54, 1.807) is 24.8 Å². The van der Waals surface area contributed by atoms with Crippen LogP contribution in [0.25, 0.3) is 0 Å². The molecule has 2 aromatic heterocycles. The second-order valence-electron chi connectivity index (χ2n) is 2.91. The quantitative estimate of drug-likeness (QED) is 0.871. The first-order valence-corrected chi connectivity index (χ1v) is 5.03. The first-order valence-electron chi connectivity index (χ1n) is 4.28. The van der Waals surface area contributed by atoms with Gasteiger partial charge in [-0.25, -0.2) is 9.97 Å². The monoisotopic (exact) mass is 242 g/mol. The molecule has 0 aromatic carbocycles. The topological polar surface area (TPSA) is 53.6 Å². The number of halogens is 2. The van der Waals surface area contributed by atoms with Gasteiger partial charge in [0.25, 0.3) is 0 Å². The Bertz CT molecular complexity index is 441. The van der Waals surface area contributed by atoms with Gasteiger partial charge in [-0.1, -0.05) is 23.2 Å². The summed E-state index contributed by atoms with van der Waals surface area (Å²) in [6.45, 7) is 0.592. The summed E-state index contributed by atoms with van der Waals surface area (Å²) in [5, 5.41) is 4.09. The van der Waals surface area contributed by atoms with Crippen molar-refractivity contribution in [2.75, 3.05) is 5.32 Å². The van der Waals surface area contributed by atoms with Crippen LogP contribution in [0, 0.1) is 0 Å². The van der Waals surface area contributed by atoms with E-state index in [1.165, 1.54) is 0 Å². The van der Waals surface area contributed by atoms with Gasteiger partial charge in [0, 0.05) is 12.4 Å². The molecule has 2 rings (SSSR count). The summed E-state index contributed by atoms with van der Waals surface area (Å²) in [4.78, 5) is 10.9. The molecule has 2 aromatic rings. The lowest BCUT2D eigenvalue weighted by Gasteiger charge is -2.05. The number of hydrogen-bond donors (Lipinski definition) is 2. The Labute approximate surface area is 96.7 Å². The predicted molar refractivity (Wildman–Crippen MR) is 60.2 cm³/mol.